The molecule has 2 atom stereocenters. The summed E-state index contributed by atoms with van der Waals surface area (Å²) in [6, 6.07) is 0. The van der Waals surface area contributed by atoms with E-state index < -0.39 is 0 Å². The highest BCUT2D eigenvalue weighted by molar-refractivity contribution is 4.67. The quantitative estimate of drug-likeness (QED) is 0.492. The first-order chi connectivity index (χ1) is 4.57. The average molecular weight is 217 g/mol. The molecule has 0 rings (SSSR count). The Morgan fingerprint density at radius 2 is 1.75 bits per heavy atom. The second kappa shape index (κ2) is 9.55. The molecule has 0 bridgehead atoms. The molecule has 0 aliphatic rings. The number of aliphatic hydroxyl groups is 1. The zero-order chi connectivity index (χ0) is 8.15. The second-order valence-corrected chi connectivity index (χ2v) is 3.00. The molecule has 0 aromatic carbocycles. The Kier molecular flexibility index (Phi) is 14.5. The van der Waals surface area contributed by atoms with Crippen molar-refractivity contribution in [3.8, 4) is 0 Å². The molecule has 12 heavy (non-hydrogen) atoms. The first-order valence-electron chi connectivity index (χ1n) is 3.60. The van der Waals surface area contributed by atoms with Gasteiger partial charge in [0, 0.05) is 12.5 Å². The van der Waals surface area contributed by atoms with E-state index in [1.807, 2.05) is 19.0 Å². The van der Waals surface area contributed by atoms with E-state index in [0.29, 0.717) is 6.54 Å². The lowest BCUT2D eigenvalue weighted by atomic mass is 10.0. The summed E-state index contributed by atoms with van der Waals surface area (Å²) in [6.07, 6.45) is -0.299. The number of rotatable bonds is 4. The third kappa shape index (κ3) is 8.56. The van der Waals surface area contributed by atoms with Crippen LogP contribution in [-0.4, -0.2) is 43.3 Å². The van der Waals surface area contributed by atoms with Gasteiger partial charge in [-0.3, -0.25) is 0 Å². The molecule has 78 valence electrons. The van der Waals surface area contributed by atoms with E-state index in [2.05, 4.69) is 0 Å². The molecule has 3 N–H and O–H groups in total. The van der Waals surface area contributed by atoms with Gasteiger partial charge in [0.2, 0.25) is 0 Å². The van der Waals surface area contributed by atoms with Crippen LogP contribution >= 0.6 is 0 Å². The molecule has 0 saturated carbocycles. The van der Waals surface area contributed by atoms with E-state index >= 15 is 0 Å². The van der Waals surface area contributed by atoms with Crippen LogP contribution in [0.15, 0.2) is 0 Å². The summed E-state index contributed by atoms with van der Waals surface area (Å²) < 4.78 is 0. The van der Waals surface area contributed by atoms with Crippen molar-refractivity contribution in [3.05, 3.63) is 0 Å². The Morgan fingerprint density at radius 3 is 1.83 bits per heavy atom. The van der Waals surface area contributed by atoms with Gasteiger partial charge in [-0.1, -0.05) is 0 Å². The Bertz CT molecular complexity index is 91.5. The molecule has 5 heteroatoms. The van der Waals surface area contributed by atoms with Crippen LogP contribution in [0.4, 0.5) is 0 Å². The summed E-state index contributed by atoms with van der Waals surface area (Å²) >= 11 is 0. The molecule has 0 aromatic rings. The maximum absolute atomic E-state index is 9.15. The minimum Gasteiger partial charge on any atom is -1.00 e. The van der Waals surface area contributed by atoms with Crippen LogP contribution in [0.2, 0.25) is 0 Å². The summed E-state index contributed by atoms with van der Waals surface area (Å²) in [5.74, 6) is 0.204. The number of nitrogens with two attached hydrogens (primary N) is 1. The van der Waals surface area contributed by atoms with Gasteiger partial charge in [-0.15, -0.1) is 0 Å². The predicted molar refractivity (Wildman–Crippen MR) is 42.8 cm³/mol. The predicted octanol–water partition coefficient (Wildman–Crippen LogP) is -6.49. The third-order valence-electron chi connectivity index (χ3n) is 1.58. The summed E-state index contributed by atoms with van der Waals surface area (Å²) in [5, 5.41) is 9.15. The minimum absolute atomic E-state index is 0. The van der Waals surface area contributed by atoms with Crippen LogP contribution < -0.4 is 30.5 Å². The molecule has 3 nitrogen and oxygen atoms in total. The molecule has 0 saturated heterocycles. The Balaban J connectivity index is -0.000000405. The fraction of sp³-hybridized carbons (Fsp3) is 1.00. The van der Waals surface area contributed by atoms with Crippen molar-refractivity contribution < 1.29 is 29.9 Å². The van der Waals surface area contributed by atoms with Gasteiger partial charge in [0.25, 0.3) is 0 Å². The Labute approximate surface area is 87.1 Å². The van der Waals surface area contributed by atoms with E-state index in [1.165, 1.54) is 0 Å². The Morgan fingerprint density at radius 1 is 1.33 bits per heavy atom. The number of nitrogens with zero attached hydrogens (tertiary/aromatic N) is 1. The van der Waals surface area contributed by atoms with E-state index in [0.717, 1.165) is 6.54 Å². The molecule has 0 heterocycles. The first-order valence-corrected chi connectivity index (χ1v) is 3.60. The van der Waals surface area contributed by atoms with Crippen LogP contribution in [0.3, 0.4) is 0 Å². The fourth-order valence-electron chi connectivity index (χ4n) is 0.893. The highest BCUT2D eigenvalue weighted by Gasteiger charge is 2.12. The zero-order valence-electron chi connectivity index (χ0n) is 7.80. The normalized spacial score (nSPS) is 14.5. The standard InChI is InChI=1S/C7H18N2O.2ClH/c1-6(10)7(4-8)5-9(2)3;;/h6-7,10H,4-5,8H2,1-3H3;2*1H/p-2. The minimum atomic E-state index is -0.299. The highest BCUT2D eigenvalue weighted by Crippen LogP contribution is 2.01. The molecule has 0 amide bonds. The number of hydrogen-bond donors (Lipinski definition) is 2. The van der Waals surface area contributed by atoms with Crippen molar-refractivity contribution in [1.29, 1.82) is 0 Å². The molecule has 0 spiro atoms. The smallest absolute Gasteiger partial charge is 0.0564 e. The van der Waals surface area contributed by atoms with Gasteiger partial charge in [0.15, 0.2) is 0 Å². The van der Waals surface area contributed by atoms with Crippen LogP contribution in [0.1, 0.15) is 6.92 Å². The first kappa shape index (κ1) is 18.3. The second-order valence-electron chi connectivity index (χ2n) is 3.00. The van der Waals surface area contributed by atoms with Gasteiger partial charge in [-0.2, -0.15) is 0 Å². The van der Waals surface area contributed by atoms with Gasteiger partial charge >= 0.3 is 0 Å². The molecule has 0 fully saturated rings. The van der Waals surface area contributed by atoms with E-state index in [-0.39, 0.29) is 36.8 Å². The fourth-order valence-corrected chi connectivity index (χ4v) is 0.893. The van der Waals surface area contributed by atoms with Gasteiger partial charge in [-0.05, 0) is 27.6 Å². The lowest BCUT2D eigenvalue weighted by Crippen LogP contribution is -3.00. The van der Waals surface area contributed by atoms with Crippen LogP contribution in [0.25, 0.3) is 0 Å². The summed E-state index contributed by atoms with van der Waals surface area (Å²) in [4.78, 5) is 2.03. The van der Waals surface area contributed by atoms with Gasteiger partial charge in [-0.25, -0.2) is 0 Å². The molecule has 0 aliphatic carbocycles. The monoisotopic (exact) mass is 216 g/mol. The molecule has 0 radical (unpaired) electrons. The van der Waals surface area contributed by atoms with E-state index in [1.54, 1.807) is 6.92 Å². The summed E-state index contributed by atoms with van der Waals surface area (Å²) in [6.45, 7) is 3.19. The van der Waals surface area contributed by atoms with Crippen LogP contribution in [0, 0.1) is 5.92 Å². The molecular weight excluding hydrogens is 199 g/mol. The SMILES string of the molecule is CC(O)C(CN)CN(C)C.[Cl-].[Cl-]. The molecular formula is C7H18Cl2N2O-2. The van der Waals surface area contributed by atoms with E-state index in [4.69, 9.17) is 10.8 Å². The van der Waals surface area contributed by atoms with Crippen molar-refractivity contribution in [3.63, 3.8) is 0 Å². The van der Waals surface area contributed by atoms with Crippen molar-refractivity contribution in [2.45, 2.75) is 13.0 Å². The topological polar surface area (TPSA) is 49.5 Å². The van der Waals surface area contributed by atoms with Crippen molar-refractivity contribution >= 4 is 0 Å². The van der Waals surface area contributed by atoms with Crippen molar-refractivity contribution in [2.75, 3.05) is 27.2 Å². The maximum atomic E-state index is 9.15. The van der Waals surface area contributed by atoms with E-state index in [9.17, 15) is 0 Å². The number of halogens is 2. The van der Waals surface area contributed by atoms with Crippen LogP contribution in [-0.2, 0) is 0 Å². The Hall–Kier alpha value is 0.460. The zero-order valence-corrected chi connectivity index (χ0v) is 9.31. The molecule has 0 aliphatic heterocycles. The number of aliphatic hydroxyl groups excluding tert-OH is 1. The van der Waals surface area contributed by atoms with Gasteiger partial charge in [0.1, 0.15) is 0 Å². The van der Waals surface area contributed by atoms with Crippen molar-refractivity contribution in [1.82, 2.24) is 4.90 Å². The van der Waals surface area contributed by atoms with Crippen molar-refractivity contribution in [2.24, 2.45) is 11.7 Å². The van der Waals surface area contributed by atoms with Gasteiger partial charge < -0.3 is 40.6 Å². The van der Waals surface area contributed by atoms with Crippen LogP contribution in [0.5, 0.6) is 0 Å². The third-order valence-corrected chi connectivity index (χ3v) is 1.58. The lowest BCUT2D eigenvalue weighted by Gasteiger charge is -2.21. The average Bonchev–Trinajstić information content (AvgIpc) is 1.81. The summed E-state index contributed by atoms with van der Waals surface area (Å²) in [7, 11) is 3.95. The largest absolute Gasteiger partial charge is 1.00 e. The summed E-state index contributed by atoms with van der Waals surface area (Å²) in [5.41, 5.74) is 5.44. The van der Waals surface area contributed by atoms with Gasteiger partial charge in [0.05, 0.1) is 6.10 Å². The lowest BCUT2D eigenvalue weighted by molar-refractivity contribution is -0.001000. The highest BCUT2D eigenvalue weighted by atomic mass is 35.5. The number of hydrogen-bond acceptors (Lipinski definition) is 3. The molecule has 2 unspecified atom stereocenters. The maximum Gasteiger partial charge on any atom is 0.0564 e. The molecule has 0 aromatic heterocycles.